The minimum atomic E-state index is 0.0486. The highest BCUT2D eigenvalue weighted by atomic mass is 16.5. The molecule has 0 bridgehead atoms. The van der Waals surface area contributed by atoms with Crippen molar-refractivity contribution < 1.29 is 14.3 Å². The monoisotopic (exact) mass is 358 g/mol. The molecule has 142 valence electrons. The van der Waals surface area contributed by atoms with Crippen LogP contribution in [0.3, 0.4) is 0 Å². The molecule has 0 N–H and O–H groups in total. The topological polar surface area (TPSA) is 49.9 Å². The second-order valence-electron chi connectivity index (χ2n) is 7.71. The first-order valence-corrected chi connectivity index (χ1v) is 9.77. The number of nitrogens with zero attached hydrogens (tertiary/aromatic N) is 2. The summed E-state index contributed by atoms with van der Waals surface area (Å²) in [4.78, 5) is 29.3. The zero-order valence-corrected chi connectivity index (χ0v) is 16.2. The molecular formula is C21H30N2O3. The molecule has 0 unspecified atom stereocenters. The molecule has 2 aliphatic rings. The van der Waals surface area contributed by atoms with Crippen molar-refractivity contribution >= 4 is 11.8 Å². The normalized spacial score (nSPS) is 18.5. The van der Waals surface area contributed by atoms with Crippen molar-refractivity contribution in [2.24, 2.45) is 5.92 Å². The van der Waals surface area contributed by atoms with Crippen molar-refractivity contribution in [2.45, 2.75) is 45.4 Å². The van der Waals surface area contributed by atoms with Gasteiger partial charge in [0.2, 0.25) is 5.91 Å². The Balaban J connectivity index is 1.68. The number of carbonyl (C=O) groups is 2. The molecule has 5 nitrogen and oxygen atoms in total. The van der Waals surface area contributed by atoms with Crippen LogP contribution in [0, 0.1) is 5.92 Å². The lowest BCUT2D eigenvalue weighted by Gasteiger charge is -2.31. The lowest BCUT2D eigenvalue weighted by molar-refractivity contribution is -0.138. The highest BCUT2D eigenvalue weighted by Crippen LogP contribution is 2.29. The highest BCUT2D eigenvalue weighted by molar-refractivity contribution is 5.94. The van der Waals surface area contributed by atoms with Crippen molar-refractivity contribution in [3.05, 3.63) is 29.3 Å². The molecule has 0 atom stereocenters. The molecule has 0 radical (unpaired) electrons. The number of amides is 2. The first-order valence-electron chi connectivity index (χ1n) is 9.77. The maximum Gasteiger partial charge on any atom is 0.253 e. The summed E-state index contributed by atoms with van der Waals surface area (Å²) in [6.45, 7) is 6.92. The fourth-order valence-corrected chi connectivity index (χ4v) is 3.76. The molecule has 1 heterocycles. The van der Waals surface area contributed by atoms with Crippen molar-refractivity contribution in [3.63, 3.8) is 0 Å². The minimum absolute atomic E-state index is 0.0486. The van der Waals surface area contributed by atoms with Gasteiger partial charge >= 0.3 is 0 Å². The largest absolute Gasteiger partial charge is 0.496 e. The van der Waals surface area contributed by atoms with Crippen LogP contribution in [0.1, 0.15) is 61.4 Å². The Labute approximate surface area is 156 Å². The van der Waals surface area contributed by atoms with E-state index in [4.69, 9.17) is 4.74 Å². The fourth-order valence-electron chi connectivity index (χ4n) is 3.76. The third kappa shape index (κ3) is 3.87. The summed E-state index contributed by atoms with van der Waals surface area (Å²) in [7, 11) is 1.66. The predicted octanol–water partition coefficient (Wildman–Crippen LogP) is 3.29. The van der Waals surface area contributed by atoms with Crippen LogP contribution < -0.4 is 4.74 Å². The summed E-state index contributed by atoms with van der Waals surface area (Å²) in [5.74, 6) is 1.68. The molecule has 2 amide bonds. The standard InChI is InChI=1S/C21H30N2O3/c1-15(2)18-14-17(8-9-19(18)26-3)21(25)23-11-5-10-22(12-13-23)20(24)16-6-4-7-16/h8-9,14-16H,4-7,10-13H2,1-3H3. The van der Waals surface area contributed by atoms with E-state index in [0.717, 1.165) is 37.1 Å². The Morgan fingerprint density at radius 1 is 1.04 bits per heavy atom. The number of benzene rings is 1. The van der Waals surface area contributed by atoms with Gasteiger partial charge < -0.3 is 14.5 Å². The third-order valence-corrected chi connectivity index (χ3v) is 5.65. The number of methoxy groups -OCH3 is 1. The van der Waals surface area contributed by atoms with E-state index in [1.54, 1.807) is 7.11 Å². The molecule has 0 spiro atoms. The molecule has 1 aliphatic heterocycles. The molecule has 1 saturated heterocycles. The lowest BCUT2D eigenvalue weighted by Crippen LogP contribution is -2.41. The maximum absolute atomic E-state index is 13.0. The van der Waals surface area contributed by atoms with Crippen LogP contribution in [-0.4, -0.2) is 54.9 Å². The SMILES string of the molecule is COc1ccc(C(=O)N2CCCN(C(=O)C3CCC3)CC2)cc1C(C)C. The molecule has 2 fully saturated rings. The van der Waals surface area contributed by atoms with E-state index in [1.165, 1.54) is 6.42 Å². The molecule has 1 aliphatic carbocycles. The number of hydrogen-bond acceptors (Lipinski definition) is 3. The third-order valence-electron chi connectivity index (χ3n) is 5.65. The van der Waals surface area contributed by atoms with E-state index < -0.39 is 0 Å². The van der Waals surface area contributed by atoms with Crippen LogP contribution in [0.25, 0.3) is 0 Å². The van der Waals surface area contributed by atoms with Crippen LogP contribution in [-0.2, 0) is 4.79 Å². The Bertz CT molecular complexity index is 667. The molecule has 1 saturated carbocycles. The predicted molar refractivity (Wildman–Crippen MR) is 102 cm³/mol. The van der Waals surface area contributed by atoms with Gasteiger partial charge in [-0.25, -0.2) is 0 Å². The first kappa shape index (κ1) is 18.7. The van der Waals surface area contributed by atoms with Crippen LogP contribution in [0.2, 0.25) is 0 Å². The Kier molecular flexibility index (Phi) is 5.84. The molecule has 5 heteroatoms. The van der Waals surface area contributed by atoms with Gasteiger partial charge in [0.1, 0.15) is 5.75 Å². The van der Waals surface area contributed by atoms with E-state index in [-0.39, 0.29) is 23.7 Å². The molecule has 26 heavy (non-hydrogen) atoms. The van der Waals surface area contributed by atoms with Gasteiger partial charge in [-0.3, -0.25) is 9.59 Å². The fraction of sp³-hybridized carbons (Fsp3) is 0.619. The summed E-state index contributed by atoms with van der Waals surface area (Å²) in [5, 5.41) is 0. The summed E-state index contributed by atoms with van der Waals surface area (Å²) >= 11 is 0. The van der Waals surface area contributed by atoms with Gasteiger partial charge in [-0.2, -0.15) is 0 Å². The summed E-state index contributed by atoms with van der Waals surface area (Å²) < 4.78 is 5.42. The minimum Gasteiger partial charge on any atom is -0.496 e. The summed E-state index contributed by atoms with van der Waals surface area (Å²) in [6, 6.07) is 5.68. The summed E-state index contributed by atoms with van der Waals surface area (Å²) in [6.07, 6.45) is 4.07. The average Bonchev–Trinajstić information content (AvgIpc) is 2.85. The average molecular weight is 358 g/mol. The molecule has 0 aromatic heterocycles. The quantitative estimate of drug-likeness (QED) is 0.830. The molecule has 1 aromatic carbocycles. The number of rotatable bonds is 4. The molecular weight excluding hydrogens is 328 g/mol. The summed E-state index contributed by atoms with van der Waals surface area (Å²) in [5.41, 5.74) is 1.75. The van der Waals surface area contributed by atoms with Crippen molar-refractivity contribution in [1.82, 2.24) is 9.80 Å². The highest BCUT2D eigenvalue weighted by Gasteiger charge is 2.31. The van der Waals surface area contributed by atoms with E-state index >= 15 is 0 Å². The second kappa shape index (κ2) is 8.11. The number of carbonyl (C=O) groups excluding carboxylic acids is 2. The van der Waals surface area contributed by atoms with Crippen molar-refractivity contribution in [2.75, 3.05) is 33.3 Å². The van der Waals surface area contributed by atoms with Crippen molar-refractivity contribution in [3.8, 4) is 5.75 Å². The Morgan fingerprint density at radius 3 is 2.35 bits per heavy atom. The lowest BCUT2D eigenvalue weighted by atomic mass is 9.84. The van der Waals surface area contributed by atoms with E-state index in [2.05, 4.69) is 13.8 Å². The van der Waals surface area contributed by atoms with Crippen LogP contribution >= 0.6 is 0 Å². The van der Waals surface area contributed by atoms with Gasteiger partial charge in [0.05, 0.1) is 7.11 Å². The van der Waals surface area contributed by atoms with Crippen molar-refractivity contribution in [1.29, 1.82) is 0 Å². The Hall–Kier alpha value is -2.04. The van der Waals surface area contributed by atoms with Crippen LogP contribution in [0.15, 0.2) is 18.2 Å². The van der Waals surface area contributed by atoms with E-state index in [0.29, 0.717) is 25.2 Å². The zero-order chi connectivity index (χ0) is 18.7. The van der Waals surface area contributed by atoms with Gasteiger partial charge in [0.25, 0.3) is 5.91 Å². The van der Waals surface area contributed by atoms with Crippen LogP contribution in [0.4, 0.5) is 0 Å². The Morgan fingerprint density at radius 2 is 1.73 bits per heavy atom. The number of hydrogen-bond donors (Lipinski definition) is 0. The zero-order valence-electron chi connectivity index (χ0n) is 16.2. The van der Waals surface area contributed by atoms with E-state index in [9.17, 15) is 9.59 Å². The smallest absolute Gasteiger partial charge is 0.253 e. The van der Waals surface area contributed by atoms with Gasteiger partial charge in [0, 0.05) is 37.7 Å². The second-order valence-corrected chi connectivity index (χ2v) is 7.71. The van der Waals surface area contributed by atoms with Gasteiger partial charge in [-0.1, -0.05) is 20.3 Å². The van der Waals surface area contributed by atoms with Gasteiger partial charge in [0.15, 0.2) is 0 Å². The maximum atomic E-state index is 13.0. The molecule has 3 rings (SSSR count). The number of ether oxygens (including phenoxy) is 1. The van der Waals surface area contributed by atoms with Crippen LogP contribution in [0.5, 0.6) is 5.75 Å². The van der Waals surface area contributed by atoms with E-state index in [1.807, 2.05) is 28.0 Å². The first-order chi connectivity index (χ1) is 12.5. The van der Waals surface area contributed by atoms with Gasteiger partial charge in [-0.15, -0.1) is 0 Å². The van der Waals surface area contributed by atoms with Gasteiger partial charge in [-0.05, 0) is 48.9 Å². The molecule has 1 aromatic rings.